The molecule has 0 N–H and O–H groups in total. The van der Waals surface area contributed by atoms with Crippen molar-refractivity contribution in [3.05, 3.63) is 12.7 Å². The Kier molecular flexibility index (Phi) is 7.34. The summed E-state index contributed by atoms with van der Waals surface area (Å²) < 4.78 is 16.9. The van der Waals surface area contributed by atoms with Crippen molar-refractivity contribution in [2.75, 3.05) is 6.61 Å². The Morgan fingerprint density at radius 2 is 2.00 bits per heavy atom. The Balaban J connectivity index is 4.82. The van der Waals surface area contributed by atoms with Gasteiger partial charge in [0.15, 0.2) is 0 Å². The fourth-order valence-electron chi connectivity index (χ4n) is 1.71. The molecular weight excluding hydrogens is 236 g/mol. The molecular formula is C12H24O4Si. The SMILES string of the molecule is C=CC(=O)OC(CC)[Si](C)(OCC)OC(C)C. The van der Waals surface area contributed by atoms with E-state index in [1.54, 1.807) is 0 Å². The van der Waals surface area contributed by atoms with Crippen LogP contribution in [0.15, 0.2) is 12.7 Å². The molecule has 2 atom stereocenters. The first-order valence-corrected chi connectivity index (χ1v) is 8.43. The number of hydrogen-bond acceptors (Lipinski definition) is 4. The lowest BCUT2D eigenvalue weighted by molar-refractivity contribution is -0.141. The molecule has 0 aliphatic heterocycles. The standard InChI is InChI=1S/C12H24O4Si/c1-7-11(13)15-12(8-2)17(6,14-9-3)16-10(4)5/h7,10,12H,1,8-9H2,2-6H3. The third kappa shape index (κ3) is 5.47. The van der Waals surface area contributed by atoms with Crippen LogP contribution in [-0.4, -0.2) is 33.0 Å². The van der Waals surface area contributed by atoms with Crippen LogP contribution in [-0.2, 0) is 18.4 Å². The lowest BCUT2D eigenvalue weighted by Gasteiger charge is -2.34. The van der Waals surface area contributed by atoms with Gasteiger partial charge >= 0.3 is 14.5 Å². The van der Waals surface area contributed by atoms with E-state index in [0.717, 1.165) is 0 Å². The molecule has 2 unspecified atom stereocenters. The predicted molar refractivity (Wildman–Crippen MR) is 69.8 cm³/mol. The molecule has 0 aromatic heterocycles. The lowest BCUT2D eigenvalue weighted by Crippen LogP contribution is -2.53. The summed E-state index contributed by atoms with van der Waals surface area (Å²) in [5, 5.41) is 0. The molecule has 0 aliphatic carbocycles. The smallest absolute Gasteiger partial charge is 0.377 e. The molecule has 0 rings (SSSR count). The van der Waals surface area contributed by atoms with Crippen LogP contribution in [0.3, 0.4) is 0 Å². The van der Waals surface area contributed by atoms with E-state index in [2.05, 4.69) is 6.58 Å². The fraction of sp³-hybridized carbons (Fsp3) is 0.750. The number of esters is 1. The first kappa shape index (κ1) is 16.3. The summed E-state index contributed by atoms with van der Waals surface area (Å²) in [6.07, 6.45) is 1.89. The van der Waals surface area contributed by atoms with Crippen LogP contribution in [0.5, 0.6) is 0 Å². The van der Waals surface area contributed by atoms with Crippen molar-refractivity contribution < 1.29 is 18.4 Å². The first-order chi connectivity index (χ1) is 7.89. The highest BCUT2D eigenvalue weighted by molar-refractivity contribution is 6.67. The van der Waals surface area contributed by atoms with E-state index in [9.17, 15) is 4.79 Å². The second-order valence-corrected chi connectivity index (χ2v) is 7.35. The molecule has 5 heteroatoms. The Bertz CT molecular complexity index is 255. The summed E-state index contributed by atoms with van der Waals surface area (Å²) in [5.74, 6) is -0.428. The summed E-state index contributed by atoms with van der Waals surface area (Å²) in [6.45, 7) is 13.6. The van der Waals surface area contributed by atoms with Crippen LogP contribution in [0.4, 0.5) is 0 Å². The maximum Gasteiger partial charge on any atom is 0.377 e. The molecule has 0 saturated carbocycles. The second-order valence-electron chi connectivity index (χ2n) is 4.15. The van der Waals surface area contributed by atoms with Crippen LogP contribution >= 0.6 is 0 Å². The summed E-state index contributed by atoms with van der Waals surface area (Å²) in [6, 6.07) is 0. The fourth-order valence-corrected chi connectivity index (χ4v) is 4.69. The summed E-state index contributed by atoms with van der Waals surface area (Å²) in [5.41, 5.74) is -0.310. The van der Waals surface area contributed by atoms with Gasteiger partial charge in [-0.15, -0.1) is 0 Å². The summed E-state index contributed by atoms with van der Waals surface area (Å²) in [7, 11) is -2.51. The monoisotopic (exact) mass is 260 g/mol. The van der Waals surface area contributed by atoms with E-state index in [1.165, 1.54) is 6.08 Å². The Labute approximate surface area is 105 Å². The predicted octanol–water partition coefficient (Wildman–Crippen LogP) is 2.57. The van der Waals surface area contributed by atoms with Crippen LogP contribution < -0.4 is 0 Å². The summed E-state index contributed by atoms with van der Waals surface area (Å²) >= 11 is 0. The van der Waals surface area contributed by atoms with Crippen molar-refractivity contribution >= 4 is 14.5 Å². The second kappa shape index (κ2) is 7.63. The zero-order chi connectivity index (χ0) is 13.5. The molecule has 0 fully saturated rings. The van der Waals surface area contributed by atoms with Gasteiger partial charge in [-0.25, -0.2) is 4.79 Å². The molecule has 0 bridgehead atoms. The molecule has 0 aliphatic rings. The van der Waals surface area contributed by atoms with E-state index in [4.69, 9.17) is 13.6 Å². The van der Waals surface area contributed by atoms with Gasteiger partial charge in [0.25, 0.3) is 0 Å². The zero-order valence-corrected chi connectivity index (χ0v) is 12.5. The average Bonchev–Trinajstić information content (AvgIpc) is 2.24. The highest BCUT2D eigenvalue weighted by Crippen LogP contribution is 2.20. The van der Waals surface area contributed by atoms with E-state index >= 15 is 0 Å². The molecule has 0 amide bonds. The molecule has 0 aromatic carbocycles. The largest absolute Gasteiger partial charge is 0.457 e. The summed E-state index contributed by atoms with van der Waals surface area (Å²) in [4.78, 5) is 11.3. The molecule has 0 aromatic rings. The van der Waals surface area contributed by atoms with Gasteiger partial charge < -0.3 is 13.6 Å². The van der Waals surface area contributed by atoms with Crippen molar-refractivity contribution in [2.45, 2.75) is 52.5 Å². The van der Waals surface area contributed by atoms with Gasteiger partial charge in [0.05, 0.1) is 0 Å². The molecule has 0 saturated heterocycles. The Hall–Kier alpha value is -0.653. The van der Waals surface area contributed by atoms with E-state index in [-0.39, 0.29) is 11.8 Å². The van der Waals surface area contributed by atoms with Gasteiger partial charge in [-0.2, -0.15) is 0 Å². The van der Waals surface area contributed by atoms with Gasteiger partial charge in [0, 0.05) is 18.8 Å². The zero-order valence-electron chi connectivity index (χ0n) is 11.5. The molecule has 0 radical (unpaired) electrons. The van der Waals surface area contributed by atoms with E-state index < -0.39 is 14.5 Å². The third-order valence-electron chi connectivity index (χ3n) is 2.28. The minimum absolute atomic E-state index is 0.0506. The first-order valence-electron chi connectivity index (χ1n) is 6.04. The topological polar surface area (TPSA) is 44.8 Å². The van der Waals surface area contributed by atoms with Crippen LogP contribution in [0.1, 0.15) is 34.1 Å². The van der Waals surface area contributed by atoms with Crippen LogP contribution in [0, 0.1) is 0 Å². The number of rotatable bonds is 8. The average molecular weight is 260 g/mol. The number of ether oxygens (including phenoxy) is 1. The van der Waals surface area contributed by atoms with Crippen molar-refractivity contribution in [2.24, 2.45) is 0 Å². The van der Waals surface area contributed by atoms with Gasteiger partial charge in [-0.3, -0.25) is 0 Å². The van der Waals surface area contributed by atoms with Gasteiger partial charge in [0.1, 0.15) is 5.73 Å². The maximum absolute atomic E-state index is 11.3. The number of carbonyl (C=O) groups is 1. The number of hydrogen-bond donors (Lipinski definition) is 0. The van der Waals surface area contributed by atoms with Gasteiger partial charge in [0.2, 0.25) is 0 Å². The number of carbonyl (C=O) groups excluding carboxylic acids is 1. The van der Waals surface area contributed by atoms with E-state index in [1.807, 2.05) is 34.2 Å². The third-order valence-corrected chi connectivity index (χ3v) is 5.78. The minimum Gasteiger partial charge on any atom is -0.457 e. The van der Waals surface area contributed by atoms with Crippen molar-refractivity contribution in [3.63, 3.8) is 0 Å². The van der Waals surface area contributed by atoms with Gasteiger partial charge in [-0.05, 0) is 33.7 Å². The van der Waals surface area contributed by atoms with Gasteiger partial charge in [-0.1, -0.05) is 13.5 Å². The molecule has 17 heavy (non-hydrogen) atoms. The Morgan fingerprint density at radius 1 is 1.41 bits per heavy atom. The molecule has 0 spiro atoms. The molecule has 0 heterocycles. The molecule has 4 nitrogen and oxygen atoms in total. The highest BCUT2D eigenvalue weighted by atomic mass is 28.4. The van der Waals surface area contributed by atoms with E-state index in [0.29, 0.717) is 13.0 Å². The van der Waals surface area contributed by atoms with Crippen molar-refractivity contribution in [3.8, 4) is 0 Å². The minimum atomic E-state index is -2.51. The lowest BCUT2D eigenvalue weighted by atomic mass is 10.5. The maximum atomic E-state index is 11.3. The van der Waals surface area contributed by atoms with Crippen LogP contribution in [0.2, 0.25) is 6.55 Å². The Morgan fingerprint density at radius 3 is 2.35 bits per heavy atom. The quantitative estimate of drug-likeness (QED) is 0.382. The van der Waals surface area contributed by atoms with Crippen LogP contribution in [0.25, 0.3) is 0 Å². The normalized spacial score (nSPS) is 16.4. The van der Waals surface area contributed by atoms with Crippen molar-refractivity contribution in [1.82, 2.24) is 0 Å². The molecule has 100 valence electrons. The highest BCUT2D eigenvalue weighted by Gasteiger charge is 2.43. The van der Waals surface area contributed by atoms with Crippen molar-refractivity contribution in [1.29, 1.82) is 0 Å².